The summed E-state index contributed by atoms with van der Waals surface area (Å²) in [6.07, 6.45) is 2.02. The van der Waals surface area contributed by atoms with Crippen LogP contribution >= 0.6 is 15.9 Å². The molecule has 0 atom stereocenters. The largest absolute Gasteiger partial charge is 0.507 e. The van der Waals surface area contributed by atoms with Gasteiger partial charge >= 0.3 is 5.97 Å². The van der Waals surface area contributed by atoms with E-state index in [1.807, 2.05) is 13.8 Å². The molecule has 0 bridgehead atoms. The van der Waals surface area contributed by atoms with Gasteiger partial charge in [-0.3, -0.25) is 0 Å². The SMILES string of the molecule is CC(C)(OC(=O)c1cc(O)c(Br)c(O)c1)C1CC[NH2+]CC1. The fraction of sp³-hybridized carbons (Fsp3) is 0.533. The molecule has 5 nitrogen and oxygen atoms in total. The van der Waals surface area contributed by atoms with Gasteiger partial charge in [0.2, 0.25) is 0 Å². The summed E-state index contributed by atoms with van der Waals surface area (Å²) in [4.78, 5) is 12.3. The van der Waals surface area contributed by atoms with Crippen molar-refractivity contribution in [3.05, 3.63) is 22.2 Å². The number of quaternary nitrogens is 1. The monoisotopic (exact) mass is 358 g/mol. The molecule has 4 N–H and O–H groups in total. The summed E-state index contributed by atoms with van der Waals surface area (Å²) in [6.45, 7) is 5.93. The first kappa shape index (κ1) is 16.1. The number of ether oxygens (including phenoxy) is 1. The topological polar surface area (TPSA) is 83.4 Å². The fourth-order valence-electron chi connectivity index (χ4n) is 2.72. The van der Waals surface area contributed by atoms with Crippen LogP contribution in [0, 0.1) is 5.92 Å². The number of rotatable bonds is 3. The predicted molar refractivity (Wildman–Crippen MR) is 81.3 cm³/mol. The van der Waals surface area contributed by atoms with Crippen molar-refractivity contribution in [1.82, 2.24) is 0 Å². The Bertz CT molecular complexity index is 515. The van der Waals surface area contributed by atoms with Gasteiger partial charge < -0.3 is 20.3 Å². The van der Waals surface area contributed by atoms with Crippen molar-refractivity contribution in [2.24, 2.45) is 5.92 Å². The van der Waals surface area contributed by atoms with E-state index < -0.39 is 11.6 Å². The van der Waals surface area contributed by atoms with E-state index in [0.29, 0.717) is 5.92 Å². The molecule has 1 aromatic carbocycles. The van der Waals surface area contributed by atoms with Gasteiger partial charge in [-0.15, -0.1) is 0 Å². The highest BCUT2D eigenvalue weighted by molar-refractivity contribution is 9.10. The number of benzene rings is 1. The zero-order valence-corrected chi connectivity index (χ0v) is 13.8. The van der Waals surface area contributed by atoms with E-state index in [0.717, 1.165) is 25.9 Å². The molecule has 0 aromatic heterocycles. The van der Waals surface area contributed by atoms with Crippen LogP contribution in [-0.4, -0.2) is 34.9 Å². The van der Waals surface area contributed by atoms with Gasteiger partial charge in [0.1, 0.15) is 21.6 Å². The quantitative estimate of drug-likeness (QED) is 0.719. The summed E-state index contributed by atoms with van der Waals surface area (Å²) in [5, 5.41) is 21.6. The molecule has 0 radical (unpaired) electrons. The Morgan fingerprint density at radius 2 is 1.81 bits per heavy atom. The van der Waals surface area contributed by atoms with Crippen molar-refractivity contribution in [3.8, 4) is 11.5 Å². The van der Waals surface area contributed by atoms with Crippen LogP contribution in [0.15, 0.2) is 16.6 Å². The van der Waals surface area contributed by atoms with Gasteiger partial charge in [-0.2, -0.15) is 0 Å². The van der Waals surface area contributed by atoms with Crippen LogP contribution in [0.1, 0.15) is 37.0 Å². The first-order chi connectivity index (χ1) is 9.81. The van der Waals surface area contributed by atoms with Gasteiger partial charge in [0, 0.05) is 18.8 Å². The predicted octanol–water partition coefficient (Wildman–Crippen LogP) is 1.77. The lowest BCUT2D eigenvalue weighted by atomic mass is 9.83. The Balaban J connectivity index is 2.13. The van der Waals surface area contributed by atoms with Gasteiger partial charge in [-0.05, 0) is 41.9 Å². The van der Waals surface area contributed by atoms with E-state index in [1.54, 1.807) is 0 Å². The van der Waals surface area contributed by atoms with Crippen molar-refractivity contribution < 1.29 is 25.1 Å². The third kappa shape index (κ3) is 3.68. The lowest BCUT2D eigenvalue weighted by molar-refractivity contribution is -0.665. The van der Waals surface area contributed by atoms with Crippen LogP contribution in [-0.2, 0) is 4.74 Å². The summed E-state index contributed by atoms with van der Waals surface area (Å²) >= 11 is 3.03. The second-order valence-corrected chi connectivity index (χ2v) is 6.75. The number of piperidine rings is 1. The lowest BCUT2D eigenvalue weighted by Gasteiger charge is -2.35. The first-order valence-electron chi connectivity index (χ1n) is 7.07. The van der Waals surface area contributed by atoms with E-state index in [9.17, 15) is 15.0 Å². The molecule has 0 amide bonds. The van der Waals surface area contributed by atoms with Crippen molar-refractivity contribution >= 4 is 21.9 Å². The summed E-state index contributed by atoms with van der Waals surface area (Å²) in [5.74, 6) is -0.587. The molecule has 1 saturated heterocycles. The minimum atomic E-state index is -0.566. The van der Waals surface area contributed by atoms with Crippen LogP contribution in [0.2, 0.25) is 0 Å². The molecule has 1 fully saturated rings. The normalized spacial score (nSPS) is 16.7. The summed E-state index contributed by atoms with van der Waals surface area (Å²) in [7, 11) is 0. The van der Waals surface area contributed by atoms with E-state index in [1.165, 1.54) is 12.1 Å². The molecule has 6 heteroatoms. The smallest absolute Gasteiger partial charge is 0.338 e. The van der Waals surface area contributed by atoms with Crippen LogP contribution in [0.4, 0.5) is 0 Å². The van der Waals surface area contributed by atoms with Crippen molar-refractivity contribution in [2.75, 3.05) is 13.1 Å². The Labute approximate surface area is 132 Å². The van der Waals surface area contributed by atoms with Crippen LogP contribution < -0.4 is 5.32 Å². The number of hydrogen-bond donors (Lipinski definition) is 3. The Hall–Kier alpha value is -1.27. The minimum Gasteiger partial charge on any atom is -0.507 e. The molecule has 116 valence electrons. The van der Waals surface area contributed by atoms with Crippen molar-refractivity contribution in [2.45, 2.75) is 32.3 Å². The molecule has 0 spiro atoms. The third-order valence-corrected chi connectivity index (χ3v) is 4.86. The molecule has 2 rings (SSSR count). The highest BCUT2D eigenvalue weighted by atomic mass is 79.9. The molecular formula is C15H21BrNO4+. The van der Waals surface area contributed by atoms with Gasteiger partial charge in [-0.1, -0.05) is 0 Å². The molecule has 1 aliphatic rings. The standard InChI is InChI=1S/C15H20BrNO4/c1-15(2,10-3-5-17-6-4-10)21-14(20)9-7-11(18)13(16)12(19)8-9/h7-8,10,17-19H,3-6H2,1-2H3/p+1. The minimum absolute atomic E-state index is 0.142. The second kappa shape index (κ2) is 6.23. The summed E-state index contributed by atoms with van der Waals surface area (Å²) in [5.41, 5.74) is -0.424. The van der Waals surface area contributed by atoms with Crippen LogP contribution in [0.5, 0.6) is 11.5 Å². The molecule has 21 heavy (non-hydrogen) atoms. The van der Waals surface area contributed by atoms with E-state index >= 15 is 0 Å². The average molecular weight is 359 g/mol. The Kier molecular flexibility index (Phi) is 4.78. The van der Waals surface area contributed by atoms with E-state index in [2.05, 4.69) is 21.2 Å². The number of aromatic hydroxyl groups is 2. The number of phenolic OH excluding ortho intramolecular Hbond substituents is 2. The molecule has 0 unspecified atom stereocenters. The number of esters is 1. The Morgan fingerprint density at radius 1 is 1.29 bits per heavy atom. The number of halogens is 1. The molecule has 1 heterocycles. The Morgan fingerprint density at radius 3 is 2.33 bits per heavy atom. The van der Waals surface area contributed by atoms with Gasteiger partial charge in [0.15, 0.2) is 0 Å². The average Bonchev–Trinajstić information content (AvgIpc) is 2.44. The third-order valence-electron chi connectivity index (χ3n) is 4.05. The van der Waals surface area contributed by atoms with Crippen LogP contribution in [0.25, 0.3) is 0 Å². The maximum absolute atomic E-state index is 12.3. The lowest BCUT2D eigenvalue weighted by Crippen LogP contribution is -2.86. The van der Waals surface area contributed by atoms with Crippen molar-refractivity contribution in [3.63, 3.8) is 0 Å². The number of phenols is 2. The molecular weight excluding hydrogens is 338 g/mol. The maximum atomic E-state index is 12.3. The molecule has 1 aromatic rings. The number of hydrogen-bond acceptors (Lipinski definition) is 4. The number of carbonyl (C=O) groups is 1. The van der Waals surface area contributed by atoms with E-state index in [4.69, 9.17) is 4.74 Å². The number of nitrogens with two attached hydrogens (primary N) is 1. The van der Waals surface area contributed by atoms with E-state index in [-0.39, 0.29) is 21.5 Å². The molecule has 0 saturated carbocycles. The first-order valence-corrected chi connectivity index (χ1v) is 7.87. The van der Waals surface area contributed by atoms with Gasteiger partial charge in [0.25, 0.3) is 0 Å². The number of carbonyl (C=O) groups excluding carboxylic acids is 1. The van der Waals surface area contributed by atoms with Gasteiger partial charge in [0.05, 0.1) is 18.7 Å². The zero-order chi connectivity index (χ0) is 15.6. The van der Waals surface area contributed by atoms with Crippen LogP contribution in [0.3, 0.4) is 0 Å². The zero-order valence-electron chi connectivity index (χ0n) is 12.2. The summed E-state index contributed by atoms with van der Waals surface area (Å²) in [6, 6.07) is 2.58. The molecule has 1 aliphatic heterocycles. The molecule has 0 aliphatic carbocycles. The fourth-order valence-corrected chi connectivity index (χ4v) is 2.94. The highest BCUT2D eigenvalue weighted by Gasteiger charge is 2.35. The summed E-state index contributed by atoms with van der Waals surface area (Å²) < 4.78 is 5.79. The highest BCUT2D eigenvalue weighted by Crippen LogP contribution is 2.35. The maximum Gasteiger partial charge on any atom is 0.338 e. The van der Waals surface area contributed by atoms with Crippen molar-refractivity contribution in [1.29, 1.82) is 0 Å². The second-order valence-electron chi connectivity index (χ2n) is 5.96. The van der Waals surface area contributed by atoms with Gasteiger partial charge in [-0.25, -0.2) is 4.79 Å².